The van der Waals surface area contributed by atoms with Crippen LogP contribution in [0.15, 0.2) is 23.1 Å². The molecule has 20 heavy (non-hydrogen) atoms. The predicted molar refractivity (Wildman–Crippen MR) is 76.0 cm³/mol. The molecule has 1 aromatic rings. The van der Waals surface area contributed by atoms with E-state index in [0.717, 1.165) is 24.2 Å². The van der Waals surface area contributed by atoms with Gasteiger partial charge in [0.05, 0.1) is 16.4 Å². The fraction of sp³-hybridized carbons (Fsp3) is 0.500. The molecule has 3 rings (SSSR count). The largest absolute Gasteiger partial charge is 0.384 e. The van der Waals surface area contributed by atoms with E-state index < -0.39 is 25.9 Å². The van der Waals surface area contributed by atoms with Gasteiger partial charge >= 0.3 is 0 Å². The molecule has 110 valence electrons. The molecule has 1 fully saturated rings. The van der Waals surface area contributed by atoms with Gasteiger partial charge in [-0.25, -0.2) is 21.6 Å². The molecule has 0 aromatic heterocycles. The van der Waals surface area contributed by atoms with E-state index in [1.165, 1.54) is 0 Å². The van der Waals surface area contributed by atoms with Crippen molar-refractivity contribution in [3.8, 4) is 0 Å². The first kappa shape index (κ1) is 13.8. The minimum absolute atomic E-state index is 0.0499. The lowest BCUT2D eigenvalue weighted by atomic mass is 10.2. The average Bonchev–Trinajstić information content (AvgIpc) is 2.94. The predicted octanol–water partition coefficient (Wildman–Crippen LogP) is 0.120. The maximum absolute atomic E-state index is 12.3. The molecule has 0 aliphatic carbocycles. The first-order valence-electron chi connectivity index (χ1n) is 6.45. The topological polar surface area (TPSA) is 92.3 Å². The first-order chi connectivity index (χ1) is 9.36. The summed E-state index contributed by atoms with van der Waals surface area (Å²) in [5, 5.41) is 3.17. The molecule has 2 heterocycles. The van der Waals surface area contributed by atoms with Crippen LogP contribution in [0.2, 0.25) is 0 Å². The Morgan fingerprint density at radius 2 is 2.10 bits per heavy atom. The quantitative estimate of drug-likeness (QED) is 0.826. The van der Waals surface area contributed by atoms with Gasteiger partial charge in [-0.1, -0.05) is 0 Å². The molecule has 8 heteroatoms. The molecule has 2 N–H and O–H groups in total. The smallest absolute Gasteiger partial charge is 0.240 e. The standard InChI is InChI=1S/C12H16N2O4S2/c15-19(16)6-4-10(8-19)14-20(17,18)11-1-2-12-9(7-11)3-5-13-12/h1-2,7,10,13-14H,3-6,8H2. The van der Waals surface area contributed by atoms with Gasteiger partial charge in [0.1, 0.15) is 0 Å². The van der Waals surface area contributed by atoms with Crippen LogP contribution in [-0.4, -0.2) is 40.9 Å². The van der Waals surface area contributed by atoms with Crippen molar-refractivity contribution >= 4 is 25.5 Å². The van der Waals surface area contributed by atoms with Crippen molar-refractivity contribution in [1.29, 1.82) is 0 Å². The zero-order valence-electron chi connectivity index (χ0n) is 10.8. The first-order valence-corrected chi connectivity index (χ1v) is 9.76. The molecular formula is C12H16N2O4S2. The summed E-state index contributed by atoms with van der Waals surface area (Å²) >= 11 is 0. The zero-order valence-corrected chi connectivity index (χ0v) is 12.4. The van der Waals surface area contributed by atoms with Crippen molar-refractivity contribution in [1.82, 2.24) is 4.72 Å². The molecule has 1 atom stereocenters. The monoisotopic (exact) mass is 316 g/mol. The van der Waals surface area contributed by atoms with Crippen molar-refractivity contribution in [2.45, 2.75) is 23.8 Å². The van der Waals surface area contributed by atoms with E-state index in [2.05, 4.69) is 10.0 Å². The molecule has 0 bridgehead atoms. The molecule has 0 spiro atoms. The zero-order chi connectivity index (χ0) is 14.4. The van der Waals surface area contributed by atoms with Gasteiger partial charge in [0.15, 0.2) is 9.84 Å². The Morgan fingerprint density at radius 3 is 2.80 bits per heavy atom. The Morgan fingerprint density at radius 1 is 1.30 bits per heavy atom. The summed E-state index contributed by atoms with van der Waals surface area (Å²) in [6.45, 7) is 0.813. The number of fused-ring (bicyclic) bond motifs is 1. The van der Waals surface area contributed by atoms with Crippen LogP contribution in [0.1, 0.15) is 12.0 Å². The third kappa shape index (κ3) is 2.68. The van der Waals surface area contributed by atoms with Crippen LogP contribution in [0.25, 0.3) is 0 Å². The number of hydrogen-bond donors (Lipinski definition) is 2. The highest BCUT2D eigenvalue weighted by molar-refractivity contribution is 7.92. The van der Waals surface area contributed by atoms with Crippen molar-refractivity contribution in [2.75, 3.05) is 23.4 Å². The second-order valence-corrected chi connectivity index (χ2v) is 9.16. The van der Waals surface area contributed by atoms with Gasteiger partial charge in [0.25, 0.3) is 0 Å². The molecule has 0 radical (unpaired) electrons. The number of anilines is 1. The van der Waals surface area contributed by atoms with Crippen LogP contribution in [0.4, 0.5) is 5.69 Å². The number of sulfonamides is 1. The lowest BCUT2D eigenvalue weighted by molar-refractivity contribution is 0.562. The van der Waals surface area contributed by atoms with Crippen molar-refractivity contribution in [2.24, 2.45) is 0 Å². The molecule has 1 aromatic carbocycles. The third-order valence-electron chi connectivity index (χ3n) is 3.65. The Kier molecular flexibility index (Phi) is 3.26. The highest BCUT2D eigenvalue weighted by Crippen LogP contribution is 2.25. The van der Waals surface area contributed by atoms with E-state index in [4.69, 9.17) is 0 Å². The highest BCUT2D eigenvalue weighted by atomic mass is 32.2. The highest BCUT2D eigenvalue weighted by Gasteiger charge is 2.31. The maximum Gasteiger partial charge on any atom is 0.240 e. The number of rotatable bonds is 3. The summed E-state index contributed by atoms with van der Waals surface area (Å²) < 4.78 is 49.8. The van der Waals surface area contributed by atoms with Crippen molar-refractivity contribution in [3.63, 3.8) is 0 Å². The van der Waals surface area contributed by atoms with Crippen molar-refractivity contribution < 1.29 is 16.8 Å². The Bertz CT molecular complexity index is 741. The molecule has 6 nitrogen and oxygen atoms in total. The molecule has 1 unspecified atom stereocenters. The van der Waals surface area contributed by atoms with Gasteiger partial charge in [-0.2, -0.15) is 0 Å². The normalized spacial score (nSPS) is 24.3. The number of nitrogens with one attached hydrogen (secondary N) is 2. The van der Waals surface area contributed by atoms with Gasteiger partial charge in [0.2, 0.25) is 10.0 Å². The summed E-state index contributed by atoms with van der Waals surface area (Å²) in [7, 11) is -6.75. The Balaban J connectivity index is 1.82. The van der Waals surface area contributed by atoms with Crippen LogP contribution in [-0.2, 0) is 26.3 Å². The summed E-state index contributed by atoms with van der Waals surface area (Å²) in [4.78, 5) is 0.198. The maximum atomic E-state index is 12.3. The second-order valence-electron chi connectivity index (χ2n) is 5.22. The molecule has 0 saturated carbocycles. The van der Waals surface area contributed by atoms with E-state index in [1.807, 2.05) is 0 Å². The summed E-state index contributed by atoms with van der Waals surface area (Å²) in [6, 6.07) is 4.43. The van der Waals surface area contributed by atoms with Crippen LogP contribution in [0.5, 0.6) is 0 Å². The lowest BCUT2D eigenvalue weighted by Crippen LogP contribution is -2.35. The van der Waals surface area contributed by atoms with Crippen LogP contribution in [0, 0.1) is 0 Å². The Hall–Kier alpha value is -1.12. The SMILES string of the molecule is O=S1(=O)CCC(NS(=O)(=O)c2ccc3c(c2)CCN3)C1. The summed E-state index contributed by atoms with van der Waals surface area (Å²) in [5.74, 6) is -0.0625. The minimum atomic E-state index is -3.66. The van der Waals surface area contributed by atoms with E-state index in [9.17, 15) is 16.8 Å². The second kappa shape index (κ2) is 4.71. The Labute approximate surface area is 118 Å². The average molecular weight is 316 g/mol. The van der Waals surface area contributed by atoms with Crippen LogP contribution >= 0.6 is 0 Å². The van der Waals surface area contributed by atoms with Gasteiger partial charge in [-0.05, 0) is 36.6 Å². The van der Waals surface area contributed by atoms with E-state index in [-0.39, 0.29) is 16.4 Å². The molecule has 0 amide bonds. The van der Waals surface area contributed by atoms with Crippen molar-refractivity contribution in [3.05, 3.63) is 23.8 Å². The number of benzene rings is 1. The minimum Gasteiger partial charge on any atom is -0.384 e. The van der Waals surface area contributed by atoms with Gasteiger partial charge in [0, 0.05) is 18.3 Å². The van der Waals surface area contributed by atoms with E-state index in [1.54, 1.807) is 18.2 Å². The lowest BCUT2D eigenvalue weighted by Gasteiger charge is -2.12. The third-order valence-corrected chi connectivity index (χ3v) is 6.94. The molecule has 1 saturated heterocycles. The molecule has 2 aliphatic rings. The fourth-order valence-corrected chi connectivity index (χ4v) is 5.72. The van der Waals surface area contributed by atoms with Crippen LogP contribution < -0.4 is 10.0 Å². The fourth-order valence-electron chi connectivity index (χ4n) is 2.62. The van der Waals surface area contributed by atoms with E-state index >= 15 is 0 Å². The summed E-state index contributed by atoms with van der Waals surface area (Å²) in [5.41, 5.74) is 1.94. The van der Waals surface area contributed by atoms with Gasteiger partial charge in [-0.3, -0.25) is 0 Å². The molecular weight excluding hydrogens is 300 g/mol. The van der Waals surface area contributed by atoms with E-state index in [0.29, 0.717) is 6.42 Å². The van der Waals surface area contributed by atoms with Gasteiger partial charge < -0.3 is 5.32 Å². The van der Waals surface area contributed by atoms with Gasteiger partial charge in [-0.15, -0.1) is 0 Å². The number of sulfone groups is 1. The summed E-state index contributed by atoms with van der Waals surface area (Å²) in [6.07, 6.45) is 1.14. The number of hydrogen-bond acceptors (Lipinski definition) is 5. The van der Waals surface area contributed by atoms with Crippen LogP contribution in [0.3, 0.4) is 0 Å². The molecule has 2 aliphatic heterocycles.